The second-order valence-corrected chi connectivity index (χ2v) is 4.96. The first-order chi connectivity index (χ1) is 12.5. The van der Waals surface area contributed by atoms with Crippen LogP contribution in [0.4, 0.5) is 5.69 Å². The number of hydrogen-bond donors (Lipinski definition) is 2. The van der Waals surface area contributed by atoms with Crippen molar-refractivity contribution in [3.8, 4) is 11.5 Å². The summed E-state index contributed by atoms with van der Waals surface area (Å²) < 4.78 is 10.2. The van der Waals surface area contributed by atoms with Gasteiger partial charge in [0.05, 0.1) is 13.7 Å². The van der Waals surface area contributed by atoms with E-state index in [2.05, 4.69) is 26.9 Å². The molecule has 0 bridgehead atoms. The predicted octanol–water partition coefficient (Wildman–Crippen LogP) is 1.90. The van der Waals surface area contributed by atoms with Crippen molar-refractivity contribution in [3.63, 3.8) is 0 Å². The minimum Gasteiger partial charge on any atom is -0.464 e. The van der Waals surface area contributed by atoms with Crippen LogP contribution < -0.4 is 15.4 Å². The third-order valence-electron chi connectivity index (χ3n) is 3.11. The molecular weight excluding hydrogens is 338 g/mol. The lowest BCUT2D eigenvalue weighted by Gasteiger charge is -2.09. The van der Waals surface area contributed by atoms with Gasteiger partial charge in [0.25, 0.3) is 0 Å². The Bertz CT molecular complexity index is 818. The monoisotopic (exact) mass is 355 g/mol. The smallest absolute Gasteiger partial charge is 0.356 e. The molecule has 26 heavy (non-hydrogen) atoms. The SMILES string of the molecule is C=CC(=O)NCC(=O)Nc1ccc(Oc2ccnc(C(=O)OC)c2)cc1. The standard InChI is InChI=1S/C18H17N3O5/c1-3-16(22)20-11-17(23)21-12-4-6-13(7-5-12)26-14-8-9-19-15(10-14)18(24)25-2/h3-10H,1,11H2,2H3,(H,20,22)(H,21,23). The van der Waals surface area contributed by atoms with Crippen molar-refractivity contribution < 1.29 is 23.9 Å². The van der Waals surface area contributed by atoms with Crippen LogP contribution >= 0.6 is 0 Å². The van der Waals surface area contributed by atoms with E-state index in [0.29, 0.717) is 17.2 Å². The summed E-state index contributed by atoms with van der Waals surface area (Å²) in [6.07, 6.45) is 2.53. The average molecular weight is 355 g/mol. The number of carbonyl (C=O) groups is 3. The summed E-state index contributed by atoms with van der Waals surface area (Å²) >= 11 is 0. The lowest BCUT2D eigenvalue weighted by Crippen LogP contribution is -2.31. The van der Waals surface area contributed by atoms with E-state index in [0.717, 1.165) is 6.08 Å². The van der Waals surface area contributed by atoms with Crippen LogP contribution in [0.25, 0.3) is 0 Å². The van der Waals surface area contributed by atoms with Gasteiger partial charge >= 0.3 is 5.97 Å². The molecule has 0 fully saturated rings. The van der Waals surface area contributed by atoms with Crippen LogP contribution in [0.2, 0.25) is 0 Å². The van der Waals surface area contributed by atoms with Crippen molar-refractivity contribution in [2.75, 3.05) is 19.0 Å². The minimum atomic E-state index is -0.558. The molecule has 0 spiro atoms. The van der Waals surface area contributed by atoms with E-state index in [1.54, 1.807) is 30.3 Å². The maximum absolute atomic E-state index is 11.7. The Morgan fingerprint density at radius 1 is 1.15 bits per heavy atom. The fourth-order valence-corrected chi connectivity index (χ4v) is 1.88. The lowest BCUT2D eigenvalue weighted by atomic mass is 10.3. The number of rotatable bonds is 7. The summed E-state index contributed by atoms with van der Waals surface area (Å²) in [6.45, 7) is 3.14. The van der Waals surface area contributed by atoms with Gasteiger partial charge in [-0.1, -0.05) is 6.58 Å². The Hall–Kier alpha value is -3.68. The second kappa shape index (κ2) is 8.97. The maximum atomic E-state index is 11.7. The van der Waals surface area contributed by atoms with Gasteiger partial charge in [-0.25, -0.2) is 9.78 Å². The Morgan fingerprint density at radius 2 is 1.88 bits per heavy atom. The molecule has 2 aromatic rings. The van der Waals surface area contributed by atoms with Crippen molar-refractivity contribution in [2.24, 2.45) is 0 Å². The Labute approximate surface area is 149 Å². The zero-order valence-corrected chi connectivity index (χ0v) is 14.0. The summed E-state index contributed by atoms with van der Waals surface area (Å²) in [6, 6.07) is 9.65. The van der Waals surface area contributed by atoms with E-state index in [9.17, 15) is 14.4 Å². The topological polar surface area (TPSA) is 107 Å². The average Bonchev–Trinajstić information content (AvgIpc) is 2.67. The molecular formula is C18H17N3O5. The summed E-state index contributed by atoms with van der Waals surface area (Å²) in [7, 11) is 1.27. The van der Waals surface area contributed by atoms with Gasteiger partial charge in [-0.05, 0) is 36.4 Å². The van der Waals surface area contributed by atoms with Gasteiger partial charge in [0, 0.05) is 18.0 Å². The molecule has 134 valence electrons. The van der Waals surface area contributed by atoms with E-state index in [1.165, 1.54) is 19.4 Å². The zero-order valence-electron chi connectivity index (χ0n) is 14.0. The number of nitrogens with one attached hydrogen (secondary N) is 2. The molecule has 8 heteroatoms. The largest absolute Gasteiger partial charge is 0.464 e. The van der Waals surface area contributed by atoms with Gasteiger partial charge in [0.2, 0.25) is 11.8 Å². The number of aromatic nitrogens is 1. The zero-order chi connectivity index (χ0) is 18.9. The predicted molar refractivity (Wildman–Crippen MR) is 93.9 cm³/mol. The quantitative estimate of drug-likeness (QED) is 0.580. The molecule has 0 unspecified atom stereocenters. The molecule has 2 amide bonds. The van der Waals surface area contributed by atoms with Gasteiger partial charge in [0.1, 0.15) is 11.5 Å². The summed E-state index contributed by atoms with van der Waals surface area (Å²) in [5, 5.41) is 5.01. The molecule has 2 N–H and O–H groups in total. The Balaban J connectivity index is 1.95. The van der Waals surface area contributed by atoms with Crippen LogP contribution in [0, 0.1) is 0 Å². The molecule has 1 heterocycles. The number of methoxy groups -OCH3 is 1. The molecule has 2 rings (SSSR count). The first kappa shape index (κ1) is 18.7. The van der Waals surface area contributed by atoms with Crippen LogP contribution in [-0.4, -0.2) is 36.4 Å². The van der Waals surface area contributed by atoms with Crippen LogP contribution in [-0.2, 0) is 14.3 Å². The van der Waals surface area contributed by atoms with Gasteiger partial charge < -0.3 is 20.1 Å². The first-order valence-corrected chi connectivity index (χ1v) is 7.54. The molecule has 0 atom stereocenters. The number of anilines is 1. The highest BCUT2D eigenvalue weighted by Crippen LogP contribution is 2.23. The van der Waals surface area contributed by atoms with Crippen molar-refractivity contribution in [1.29, 1.82) is 0 Å². The van der Waals surface area contributed by atoms with E-state index >= 15 is 0 Å². The van der Waals surface area contributed by atoms with E-state index in [-0.39, 0.29) is 18.1 Å². The van der Waals surface area contributed by atoms with Crippen molar-refractivity contribution >= 4 is 23.5 Å². The third kappa shape index (κ3) is 5.45. The first-order valence-electron chi connectivity index (χ1n) is 7.54. The molecule has 0 aliphatic heterocycles. The number of nitrogens with zero attached hydrogens (tertiary/aromatic N) is 1. The van der Waals surface area contributed by atoms with Crippen LogP contribution in [0.3, 0.4) is 0 Å². The number of esters is 1. The Morgan fingerprint density at radius 3 is 2.54 bits per heavy atom. The number of ether oxygens (including phenoxy) is 2. The number of pyridine rings is 1. The molecule has 0 aliphatic carbocycles. The fraction of sp³-hybridized carbons (Fsp3) is 0.111. The highest BCUT2D eigenvalue weighted by Gasteiger charge is 2.09. The third-order valence-corrected chi connectivity index (χ3v) is 3.11. The molecule has 0 saturated carbocycles. The van der Waals surface area contributed by atoms with Crippen LogP contribution in [0.5, 0.6) is 11.5 Å². The van der Waals surface area contributed by atoms with Crippen molar-refractivity contribution in [1.82, 2.24) is 10.3 Å². The van der Waals surface area contributed by atoms with E-state index in [1.807, 2.05) is 0 Å². The second-order valence-electron chi connectivity index (χ2n) is 4.96. The van der Waals surface area contributed by atoms with Crippen molar-refractivity contribution in [2.45, 2.75) is 0 Å². The van der Waals surface area contributed by atoms with Crippen LogP contribution in [0.15, 0.2) is 55.3 Å². The maximum Gasteiger partial charge on any atom is 0.356 e. The molecule has 0 aliphatic rings. The van der Waals surface area contributed by atoms with E-state index < -0.39 is 11.9 Å². The number of hydrogen-bond acceptors (Lipinski definition) is 6. The minimum absolute atomic E-state index is 0.135. The fourth-order valence-electron chi connectivity index (χ4n) is 1.88. The van der Waals surface area contributed by atoms with Crippen LogP contribution in [0.1, 0.15) is 10.5 Å². The normalized spacial score (nSPS) is 9.73. The van der Waals surface area contributed by atoms with Gasteiger partial charge in [-0.15, -0.1) is 0 Å². The molecule has 1 aromatic carbocycles. The molecule has 8 nitrogen and oxygen atoms in total. The van der Waals surface area contributed by atoms with Gasteiger partial charge in [0.15, 0.2) is 5.69 Å². The highest BCUT2D eigenvalue weighted by molar-refractivity contribution is 5.96. The van der Waals surface area contributed by atoms with Crippen molar-refractivity contribution in [3.05, 3.63) is 60.9 Å². The summed E-state index contributed by atoms with van der Waals surface area (Å²) in [4.78, 5) is 38.1. The number of amides is 2. The number of carbonyl (C=O) groups excluding carboxylic acids is 3. The summed E-state index contributed by atoms with van der Waals surface area (Å²) in [5.74, 6) is -0.426. The lowest BCUT2D eigenvalue weighted by molar-refractivity contribution is -0.121. The van der Waals surface area contributed by atoms with Gasteiger partial charge in [-0.2, -0.15) is 0 Å². The highest BCUT2D eigenvalue weighted by atomic mass is 16.5. The van der Waals surface area contributed by atoms with E-state index in [4.69, 9.17) is 4.74 Å². The molecule has 1 aromatic heterocycles. The van der Waals surface area contributed by atoms with Gasteiger partial charge in [-0.3, -0.25) is 9.59 Å². The number of benzene rings is 1. The summed E-state index contributed by atoms with van der Waals surface area (Å²) in [5.41, 5.74) is 0.677. The molecule has 0 saturated heterocycles. The molecule has 0 radical (unpaired) electrons. The Kier molecular flexibility index (Phi) is 6.44.